The number of likely N-dealkylation sites (N-methyl/N-ethyl adjacent to an activating group) is 1. The van der Waals surface area contributed by atoms with Crippen molar-refractivity contribution in [3.63, 3.8) is 0 Å². The van der Waals surface area contributed by atoms with Crippen LogP contribution >= 0.6 is 15.9 Å². The molecule has 2 atom stereocenters. The molecule has 3 aromatic carbocycles. The first-order valence-corrected chi connectivity index (χ1v) is 11.2. The lowest BCUT2D eigenvalue weighted by atomic mass is 9.77. The first kappa shape index (κ1) is 20.1. The highest BCUT2D eigenvalue weighted by atomic mass is 79.9. The molecule has 2 heterocycles. The predicted molar refractivity (Wildman–Crippen MR) is 127 cm³/mol. The number of carbonyl (C=O) groups is 1. The highest BCUT2D eigenvalue weighted by Crippen LogP contribution is 2.54. The van der Waals surface area contributed by atoms with Gasteiger partial charge in [0.25, 0.3) is 0 Å². The van der Waals surface area contributed by atoms with Gasteiger partial charge in [0.1, 0.15) is 22.0 Å². The molecule has 2 aliphatic heterocycles. The molecule has 2 unspecified atom stereocenters. The van der Waals surface area contributed by atoms with Crippen molar-refractivity contribution >= 4 is 50.3 Å². The molecule has 2 aliphatic rings. The van der Waals surface area contributed by atoms with Crippen LogP contribution in [0.5, 0.6) is 11.5 Å². The lowest BCUT2D eigenvalue weighted by molar-refractivity contribution is -0.133. The number of para-hydroxylation sites is 1. The highest BCUT2D eigenvalue weighted by molar-refractivity contribution is 9.10. The number of aliphatic imine (C=N–C) groups is 1. The van der Waals surface area contributed by atoms with Crippen LogP contribution in [0.25, 0.3) is 10.8 Å². The summed E-state index contributed by atoms with van der Waals surface area (Å²) < 4.78 is 12.2. The summed E-state index contributed by atoms with van der Waals surface area (Å²) in [5.74, 6) is 0.855. The zero-order valence-electron chi connectivity index (χ0n) is 17.8. The molecule has 1 spiro atoms. The van der Waals surface area contributed by atoms with Gasteiger partial charge < -0.3 is 14.4 Å². The number of hydrogen-bond donors (Lipinski definition) is 0. The Balaban J connectivity index is 1.60. The van der Waals surface area contributed by atoms with Crippen molar-refractivity contribution in [1.29, 1.82) is 0 Å². The molecule has 6 heteroatoms. The van der Waals surface area contributed by atoms with Crippen molar-refractivity contribution in [3.8, 4) is 11.5 Å². The van der Waals surface area contributed by atoms with E-state index in [0.29, 0.717) is 11.5 Å². The minimum absolute atomic E-state index is 0.308. The van der Waals surface area contributed by atoms with Crippen LogP contribution < -0.4 is 14.4 Å². The number of alkyl halides is 1. The Labute approximate surface area is 189 Å². The molecule has 0 aliphatic carbocycles. The van der Waals surface area contributed by atoms with E-state index in [4.69, 9.17) is 14.5 Å². The van der Waals surface area contributed by atoms with E-state index >= 15 is 0 Å². The van der Waals surface area contributed by atoms with Gasteiger partial charge in [-0.1, -0.05) is 46.3 Å². The Morgan fingerprint density at radius 3 is 2.65 bits per heavy atom. The molecule has 5 rings (SSSR count). The molecular formula is C25H23BrN2O3. The van der Waals surface area contributed by atoms with Crippen LogP contribution in [-0.2, 0) is 10.2 Å². The van der Waals surface area contributed by atoms with Crippen molar-refractivity contribution in [2.75, 3.05) is 11.9 Å². The Morgan fingerprint density at radius 1 is 1.16 bits per heavy atom. The van der Waals surface area contributed by atoms with Gasteiger partial charge in [0.2, 0.25) is 5.72 Å². The first-order valence-electron chi connectivity index (χ1n) is 10.2. The third kappa shape index (κ3) is 2.81. The fourth-order valence-electron chi connectivity index (χ4n) is 4.62. The predicted octanol–water partition coefficient (Wildman–Crippen LogP) is 5.75. The number of carbonyl (C=O) groups excluding carboxylic acids is 1. The fraction of sp³-hybridized carbons (Fsp3) is 0.280. The molecule has 0 N–H and O–H groups in total. The van der Waals surface area contributed by atoms with Crippen LogP contribution in [0.4, 0.5) is 11.4 Å². The van der Waals surface area contributed by atoms with Gasteiger partial charge >= 0.3 is 5.97 Å². The molecule has 158 valence electrons. The average Bonchev–Trinajstić information content (AvgIpc) is 2.92. The van der Waals surface area contributed by atoms with E-state index in [0.717, 1.165) is 22.1 Å². The molecule has 0 saturated carbocycles. The Hall–Kier alpha value is -2.86. The molecule has 3 aromatic rings. The SMILES string of the molecule is CC(Br)C(=O)Oc1ccc2ccc3c(c2c1)N=CC1(O3)N(C)c2ccccc2C1(C)C. The summed E-state index contributed by atoms with van der Waals surface area (Å²) in [4.78, 5) is 18.7. The number of ether oxygens (including phenoxy) is 2. The summed E-state index contributed by atoms with van der Waals surface area (Å²) in [5, 5.41) is 1.89. The molecule has 0 saturated heterocycles. The summed E-state index contributed by atoms with van der Waals surface area (Å²) in [6.45, 7) is 6.11. The second-order valence-corrected chi connectivity index (χ2v) is 9.96. The van der Waals surface area contributed by atoms with E-state index < -0.39 is 5.72 Å². The molecule has 0 aromatic heterocycles. The van der Waals surface area contributed by atoms with E-state index in [-0.39, 0.29) is 16.2 Å². The number of fused-ring (bicyclic) bond motifs is 4. The summed E-state index contributed by atoms with van der Waals surface area (Å²) in [5.41, 5.74) is 2.07. The minimum Gasteiger partial charge on any atom is -0.459 e. The van der Waals surface area contributed by atoms with E-state index in [9.17, 15) is 4.79 Å². The fourth-order valence-corrected chi connectivity index (χ4v) is 4.71. The number of rotatable bonds is 2. The molecule has 0 radical (unpaired) electrons. The van der Waals surface area contributed by atoms with Gasteiger partial charge in [0.15, 0.2) is 0 Å². The second-order valence-electron chi connectivity index (χ2n) is 8.59. The lowest BCUT2D eigenvalue weighted by Crippen LogP contribution is -2.61. The largest absolute Gasteiger partial charge is 0.459 e. The number of nitrogens with zero attached hydrogens (tertiary/aromatic N) is 2. The lowest BCUT2D eigenvalue weighted by Gasteiger charge is -2.45. The second kappa shape index (κ2) is 6.82. The standard InChI is InChI=1S/C25H23BrN2O3/c1-15(26)23(29)30-17-11-9-16-10-12-21-22(18(16)13-17)27-14-25(31-21)24(2,3)19-7-5-6-8-20(19)28(25)4/h5-15H,1-4H3. The van der Waals surface area contributed by atoms with E-state index in [1.807, 2.05) is 43.6 Å². The number of halogens is 1. The van der Waals surface area contributed by atoms with Crippen LogP contribution in [0, 0.1) is 0 Å². The van der Waals surface area contributed by atoms with Crippen LogP contribution in [-0.4, -0.2) is 29.8 Å². The number of hydrogen-bond acceptors (Lipinski definition) is 5. The summed E-state index contributed by atoms with van der Waals surface area (Å²) in [6, 6.07) is 17.9. The molecule has 5 nitrogen and oxygen atoms in total. The quantitative estimate of drug-likeness (QED) is 0.267. The molecular weight excluding hydrogens is 456 g/mol. The van der Waals surface area contributed by atoms with Crippen molar-refractivity contribution in [2.24, 2.45) is 4.99 Å². The van der Waals surface area contributed by atoms with E-state index in [2.05, 4.69) is 52.9 Å². The van der Waals surface area contributed by atoms with Crippen LogP contribution in [0.2, 0.25) is 0 Å². The minimum atomic E-state index is -0.729. The van der Waals surface area contributed by atoms with Gasteiger partial charge in [-0.3, -0.25) is 9.79 Å². The number of anilines is 1. The Bertz CT molecular complexity index is 1250. The molecule has 0 bridgehead atoms. The highest BCUT2D eigenvalue weighted by Gasteiger charge is 2.58. The Morgan fingerprint density at radius 2 is 1.90 bits per heavy atom. The van der Waals surface area contributed by atoms with Gasteiger partial charge in [0, 0.05) is 18.1 Å². The van der Waals surface area contributed by atoms with Gasteiger partial charge in [-0.15, -0.1) is 0 Å². The third-order valence-corrected chi connectivity index (χ3v) is 6.81. The monoisotopic (exact) mass is 478 g/mol. The zero-order valence-corrected chi connectivity index (χ0v) is 19.4. The van der Waals surface area contributed by atoms with E-state index in [1.54, 1.807) is 13.0 Å². The van der Waals surface area contributed by atoms with Gasteiger partial charge in [-0.05, 0) is 56.0 Å². The van der Waals surface area contributed by atoms with Crippen molar-refractivity contribution in [1.82, 2.24) is 0 Å². The van der Waals surface area contributed by atoms with Crippen molar-refractivity contribution < 1.29 is 14.3 Å². The number of esters is 1. The summed E-state index contributed by atoms with van der Waals surface area (Å²) >= 11 is 3.25. The maximum atomic E-state index is 12.0. The smallest absolute Gasteiger partial charge is 0.324 e. The topological polar surface area (TPSA) is 51.1 Å². The maximum absolute atomic E-state index is 12.0. The molecule has 0 amide bonds. The Kier molecular flexibility index (Phi) is 4.42. The zero-order chi connectivity index (χ0) is 22.0. The molecule has 31 heavy (non-hydrogen) atoms. The molecule has 0 fully saturated rings. The van der Waals surface area contributed by atoms with Gasteiger partial charge in [0.05, 0.1) is 11.6 Å². The van der Waals surface area contributed by atoms with Crippen LogP contribution in [0.1, 0.15) is 26.3 Å². The summed E-state index contributed by atoms with van der Waals surface area (Å²) in [7, 11) is 2.05. The number of benzene rings is 3. The third-order valence-electron chi connectivity index (χ3n) is 6.44. The van der Waals surface area contributed by atoms with Crippen LogP contribution in [0.15, 0.2) is 59.6 Å². The van der Waals surface area contributed by atoms with Gasteiger partial charge in [-0.2, -0.15) is 0 Å². The first-order chi connectivity index (χ1) is 14.7. The van der Waals surface area contributed by atoms with Crippen molar-refractivity contribution in [2.45, 2.75) is 36.7 Å². The van der Waals surface area contributed by atoms with Gasteiger partial charge in [-0.25, -0.2) is 0 Å². The van der Waals surface area contributed by atoms with Crippen LogP contribution in [0.3, 0.4) is 0 Å². The maximum Gasteiger partial charge on any atom is 0.324 e. The van der Waals surface area contributed by atoms with Crippen molar-refractivity contribution in [3.05, 3.63) is 60.2 Å². The average molecular weight is 479 g/mol. The van der Waals surface area contributed by atoms with E-state index in [1.165, 1.54) is 5.56 Å². The summed E-state index contributed by atoms with van der Waals surface area (Å²) in [6.07, 6.45) is 1.91. The normalized spacial score (nSPS) is 21.5.